The summed E-state index contributed by atoms with van der Waals surface area (Å²) >= 11 is 6.78. The van der Waals surface area contributed by atoms with Crippen molar-refractivity contribution in [2.45, 2.75) is 19.8 Å². The Kier molecular flexibility index (Phi) is 5.50. The highest BCUT2D eigenvalue weighted by molar-refractivity contribution is 9.14. The summed E-state index contributed by atoms with van der Waals surface area (Å²) < 4.78 is 2.25. The van der Waals surface area contributed by atoms with Crippen LogP contribution in [0.1, 0.15) is 19.8 Å². The molecule has 0 N–H and O–H groups in total. The van der Waals surface area contributed by atoms with Crippen molar-refractivity contribution in [3.05, 3.63) is 21.6 Å². The highest BCUT2D eigenvalue weighted by Crippen LogP contribution is 2.22. The highest BCUT2D eigenvalue weighted by Gasteiger charge is 1.93. The maximum atomic E-state index is 3.63. The average Bonchev–Trinajstić information content (AvgIpc) is 1.87. The number of rotatable bonds is 3. The fourth-order valence-corrected chi connectivity index (χ4v) is 1.21. The minimum Gasteiger partial charge on any atom is -0.0979 e. The zero-order chi connectivity index (χ0) is 7.28. The van der Waals surface area contributed by atoms with Gasteiger partial charge in [0, 0.05) is 8.96 Å². The third kappa shape index (κ3) is 3.93. The lowest BCUT2D eigenvalue weighted by molar-refractivity contribution is 0.949. The Balaban J connectivity index is 3.93. The van der Waals surface area contributed by atoms with Crippen LogP contribution in [0.2, 0.25) is 0 Å². The molecule has 0 amide bonds. The first-order chi connectivity index (χ1) is 4.22. The molecule has 0 unspecified atom stereocenters. The number of hydrogen-bond donors (Lipinski definition) is 0. The van der Waals surface area contributed by atoms with Crippen LogP contribution < -0.4 is 0 Å². The molecule has 0 bridgehead atoms. The van der Waals surface area contributed by atoms with Crippen molar-refractivity contribution in [2.24, 2.45) is 0 Å². The van der Waals surface area contributed by atoms with Gasteiger partial charge in [-0.05, 0) is 22.4 Å². The fourth-order valence-electron chi connectivity index (χ4n) is 0.450. The van der Waals surface area contributed by atoms with E-state index in [1.54, 1.807) is 6.08 Å². The second kappa shape index (κ2) is 5.24. The lowest BCUT2D eigenvalue weighted by Gasteiger charge is -1.95. The van der Waals surface area contributed by atoms with Gasteiger partial charge in [-0.25, -0.2) is 0 Å². The summed E-state index contributed by atoms with van der Waals surface area (Å²) in [5.41, 5.74) is 0. The van der Waals surface area contributed by atoms with Crippen molar-refractivity contribution in [3.63, 3.8) is 0 Å². The fraction of sp³-hybridized carbons (Fsp3) is 0.429. The Bertz CT molecular complexity index is 125. The van der Waals surface area contributed by atoms with E-state index in [1.807, 2.05) is 0 Å². The van der Waals surface area contributed by atoms with Crippen LogP contribution in [-0.2, 0) is 0 Å². The summed E-state index contributed by atoms with van der Waals surface area (Å²) in [5, 5.41) is 0. The molecule has 9 heavy (non-hydrogen) atoms. The van der Waals surface area contributed by atoms with Crippen LogP contribution in [0.3, 0.4) is 0 Å². The Labute approximate surface area is 73.3 Å². The van der Waals surface area contributed by atoms with Crippen molar-refractivity contribution in [1.29, 1.82) is 0 Å². The Hall–Kier alpha value is 0.440. The van der Waals surface area contributed by atoms with Crippen LogP contribution in [0.25, 0.3) is 0 Å². The average molecular weight is 254 g/mol. The molecular formula is C7H10Br2. The van der Waals surface area contributed by atoms with E-state index in [-0.39, 0.29) is 0 Å². The van der Waals surface area contributed by atoms with E-state index in [4.69, 9.17) is 0 Å². The third-order valence-corrected chi connectivity index (χ3v) is 3.07. The van der Waals surface area contributed by atoms with Crippen molar-refractivity contribution >= 4 is 31.9 Å². The third-order valence-electron chi connectivity index (χ3n) is 0.908. The summed E-state index contributed by atoms with van der Waals surface area (Å²) in [5.74, 6) is 0. The van der Waals surface area contributed by atoms with Gasteiger partial charge in [-0.3, -0.25) is 0 Å². The summed E-state index contributed by atoms with van der Waals surface area (Å²) in [6, 6.07) is 0. The van der Waals surface area contributed by atoms with Gasteiger partial charge in [0.1, 0.15) is 0 Å². The molecule has 0 aromatic rings. The second-order valence-electron chi connectivity index (χ2n) is 1.71. The van der Waals surface area contributed by atoms with E-state index in [0.29, 0.717) is 0 Å². The topological polar surface area (TPSA) is 0 Å². The standard InChI is InChI=1S/C7H10Br2/c1-3-5-7(9)6(8)4-2/h4H,2-3,5H2,1H3/b7-6+. The number of allylic oxidation sites excluding steroid dienone is 3. The lowest BCUT2D eigenvalue weighted by atomic mass is 10.3. The molecule has 0 aliphatic rings. The second-order valence-corrected chi connectivity index (χ2v) is 3.52. The molecule has 0 aliphatic carbocycles. The first kappa shape index (κ1) is 9.44. The van der Waals surface area contributed by atoms with Gasteiger partial charge in [0.15, 0.2) is 0 Å². The zero-order valence-electron chi connectivity index (χ0n) is 5.45. The van der Waals surface area contributed by atoms with Crippen molar-refractivity contribution in [3.8, 4) is 0 Å². The van der Waals surface area contributed by atoms with Crippen LogP contribution in [0.4, 0.5) is 0 Å². The monoisotopic (exact) mass is 252 g/mol. The molecular weight excluding hydrogens is 244 g/mol. The molecule has 0 aliphatic heterocycles. The minimum atomic E-state index is 1.06. The molecule has 0 spiro atoms. The summed E-state index contributed by atoms with van der Waals surface area (Å²) in [7, 11) is 0. The molecule has 0 fully saturated rings. The van der Waals surface area contributed by atoms with Crippen LogP contribution in [0.15, 0.2) is 21.6 Å². The molecule has 2 heteroatoms. The Morgan fingerprint density at radius 1 is 1.56 bits per heavy atom. The van der Waals surface area contributed by atoms with Gasteiger partial charge in [-0.1, -0.05) is 41.9 Å². The molecule has 0 radical (unpaired) electrons. The minimum absolute atomic E-state index is 1.06. The Morgan fingerprint density at radius 2 is 2.11 bits per heavy atom. The predicted molar refractivity (Wildman–Crippen MR) is 50.0 cm³/mol. The summed E-state index contributed by atoms with van der Waals surface area (Å²) in [4.78, 5) is 0. The van der Waals surface area contributed by atoms with Gasteiger partial charge < -0.3 is 0 Å². The van der Waals surface area contributed by atoms with Crippen molar-refractivity contribution in [1.82, 2.24) is 0 Å². The van der Waals surface area contributed by atoms with Gasteiger partial charge in [0.2, 0.25) is 0 Å². The van der Waals surface area contributed by atoms with E-state index < -0.39 is 0 Å². The van der Waals surface area contributed by atoms with E-state index in [1.165, 1.54) is 4.48 Å². The Morgan fingerprint density at radius 3 is 2.44 bits per heavy atom. The largest absolute Gasteiger partial charge is 0.0979 e. The highest BCUT2D eigenvalue weighted by atomic mass is 79.9. The smallest absolute Gasteiger partial charge is 0.0270 e. The van der Waals surface area contributed by atoms with Gasteiger partial charge in [-0.15, -0.1) is 0 Å². The van der Waals surface area contributed by atoms with E-state index in [0.717, 1.165) is 17.3 Å². The molecule has 0 atom stereocenters. The molecule has 52 valence electrons. The van der Waals surface area contributed by atoms with Crippen LogP contribution in [-0.4, -0.2) is 0 Å². The van der Waals surface area contributed by atoms with Crippen LogP contribution >= 0.6 is 31.9 Å². The first-order valence-electron chi connectivity index (χ1n) is 2.89. The van der Waals surface area contributed by atoms with Crippen molar-refractivity contribution in [2.75, 3.05) is 0 Å². The van der Waals surface area contributed by atoms with Crippen LogP contribution in [0, 0.1) is 0 Å². The quantitative estimate of drug-likeness (QED) is 0.668. The molecule has 0 nitrogen and oxygen atoms in total. The van der Waals surface area contributed by atoms with E-state index in [2.05, 4.69) is 45.4 Å². The summed E-state index contributed by atoms with van der Waals surface area (Å²) in [6.07, 6.45) is 4.02. The van der Waals surface area contributed by atoms with Gasteiger partial charge in [0.05, 0.1) is 0 Å². The predicted octanol–water partition coefficient (Wildman–Crippen LogP) is 3.97. The van der Waals surface area contributed by atoms with Gasteiger partial charge in [-0.2, -0.15) is 0 Å². The zero-order valence-corrected chi connectivity index (χ0v) is 8.63. The number of halogens is 2. The van der Waals surface area contributed by atoms with Crippen LogP contribution in [0.5, 0.6) is 0 Å². The first-order valence-corrected chi connectivity index (χ1v) is 4.47. The maximum absolute atomic E-state index is 3.63. The van der Waals surface area contributed by atoms with Gasteiger partial charge >= 0.3 is 0 Å². The van der Waals surface area contributed by atoms with Gasteiger partial charge in [0.25, 0.3) is 0 Å². The number of hydrogen-bond acceptors (Lipinski definition) is 0. The molecule has 0 rings (SSSR count). The normalized spacial score (nSPS) is 12.8. The maximum Gasteiger partial charge on any atom is 0.0270 e. The van der Waals surface area contributed by atoms with E-state index in [9.17, 15) is 0 Å². The lowest BCUT2D eigenvalue weighted by Crippen LogP contribution is -1.72. The molecule has 0 saturated heterocycles. The summed E-state index contributed by atoms with van der Waals surface area (Å²) in [6.45, 7) is 5.77. The van der Waals surface area contributed by atoms with Crippen molar-refractivity contribution < 1.29 is 0 Å². The molecule has 0 saturated carbocycles. The van der Waals surface area contributed by atoms with E-state index >= 15 is 0 Å². The molecule has 0 aromatic carbocycles. The molecule has 0 heterocycles. The molecule has 0 aromatic heterocycles. The SMILES string of the molecule is C=C/C(Br)=C(\Br)CCC.